The number of amides is 2. The maximum absolute atomic E-state index is 12.8. The van der Waals surface area contributed by atoms with Crippen molar-refractivity contribution in [1.82, 2.24) is 9.80 Å². The molecule has 0 fully saturated rings. The molecule has 0 N–H and O–H groups in total. The van der Waals surface area contributed by atoms with Gasteiger partial charge in [-0.25, -0.2) is 4.39 Å². The Kier molecular flexibility index (Phi) is 6.15. The minimum atomic E-state index is -0.328. The maximum Gasteiger partial charge on any atom is 0.242 e. The average Bonchev–Trinajstić information content (AvgIpc) is 2.42. The molecule has 0 spiro atoms. The van der Waals surface area contributed by atoms with Crippen molar-refractivity contribution in [3.05, 3.63) is 35.6 Å². The smallest absolute Gasteiger partial charge is 0.242 e. The van der Waals surface area contributed by atoms with Crippen LogP contribution in [-0.4, -0.2) is 48.3 Å². The van der Waals surface area contributed by atoms with Gasteiger partial charge in [0, 0.05) is 20.1 Å². The number of benzene rings is 1. The fourth-order valence-corrected chi connectivity index (χ4v) is 1.88. The second-order valence-electron chi connectivity index (χ2n) is 4.62. The number of hydrogen-bond acceptors (Lipinski definition) is 2. The molecule has 2 amide bonds. The van der Waals surface area contributed by atoms with E-state index in [1.54, 1.807) is 24.1 Å². The van der Waals surface area contributed by atoms with Gasteiger partial charge in [-0.05, 0) is 31.5 Å². The summed E-state index contributed by atoms with van der Waals surface area (Å²) in [6.45, 7) is 5.15. The largest absolute Gasteiger partial charge is 0.342 e. The highest BCUT2D eigenvalue weighted by atomic mass is 19.1. The Labute approximate surface area is 119 Å². The molecule has 0 saturated carbocycles. The number of likely N-dealkylation sites (N-methyl/N-ethyl adjacent to an activating group) is 2. The van der Waals surface area contributed by atoms with Crippen molar-refractivity contribution in [3.63, 3.8) is 0 Å². The number of nitrogens with zero attached hydrogens (tertiary/aromatic N) is 2. The van der Waals surface area contributed by atoms with Crippen LogP contribution in [0.1, 0.15) is 19.4 Å². The molecule has 1 aromatic rings. The van der Waals surface area contributed by atoms with Crippen LogP contribution in [0.25, 0.3) is 0 Å². The van der Waals surface area contributed by atoms with E-state index in [1.165, 1.54) is 17.0 Å². The van der Waals surface area contributed by atoms with Crippen molar-refractivity contribution in [1.29, 1.82) is 0 Å². The van der Waals surface area contributed by atoms with Crippen molar-refractivity contribution in [2.45, 2.75) is 20.3 Å². The van der Waals surface area contributed by atoms with Gasteiger partial charge in [-0.2, -0.15) is 0 Å². The van der Waals surface area contributed by atoms with Crippen molar-refractivity contribution < 1.29 is 14.0 Å². The first-order valence-corrected chi connectivity index (χ1v) is 6.74. The number of halogens is 1. The summed E-state index contributed by atoms with van der Waals surface area (Å²) in [5.74, 6) is -0.548. The van der Waals surface area contributed by atoms with Crippen LogP contribution < -0.4 is 0 Å². The summed E-state index contributed by atoms with van der Waals surface area (Å²) in [6, 6.07) is 5.80. The van der Waals surface area contributed by atoms with Gasteiger partial charge >= 0.3 is 0 Å². The van der Waals surface area contributed by atoms with Crippen LogP contribution >= 0.6 is 0 Å². The first-order valence-electron chi connectivity index (χ1n) is 6.74. The second-order valence-corrected chi connectivity index (χ2v) is 4.62. The fraction of sp³-hybridized carbons (Fsp3) is 0.467. The van der Waals surface area contributed by atoms with E-state index in [-0.39, 0.29) is 30.6 Å². The molecule has 0 aliphatic rings. The molecular formula is C15H21FN2O2. The molecule has 0 aliphatic heterocycles. The van der Waals surface area contributed by atoms with Gasteiger partial charge < -0.3 is 9.80 Å². The lowest BCUT2D eigenvalue weighted by Crippen LogP contribution is -2.41. The van der Waals surface area contributed by atoms with E-state index in [0.29, 0.717) is 13.1 Å². The minimum Gasteiger partial charge on any atom is -0.342 e. The number of hydrogen-bond donors (Lipinski definition) is 0. The van der Waals surface area contributed by atoms with Gasteiger partial charge in [-0.1, -0.05) is 12.1 Å². The van der Waals surface area contributed by atoms with Gasteiger partial charge in [0.1, 0.15) is 5.82 Å². The quantitative estimate of drug-likeness (QED) is 0.795. The van der Waals surface area contributed by atoms with E-state index in [1.807, 2.05) is 13.8 Å². The zero-order valence-corrected chi connectivity index (χ0v) is 12.2. The summed E-state index contributed by atoms with van der Waals surface area (Å²) >= 11 is 0. The van der Waals surface area contributed by atoms with E-state index in [2.05, 4.69) is 0 Å². The van der Waals surface area contributed by atoms with E-state index < -0.39 is 0 Å². The van der Waals surface area contributed by atoms with Gasteiger partial charge in [0.2, 0.25) is 11.8 Å². The highest BCUT2D eigenvalue weighted by Gasteiger charge is 2.16. The topological polar surface area (TPSA) is 40.6 Å². The van der Waals surface area contributed by atoms with Gasteiger partial charge in [0.05, 0.1) is 13.0 Å². The molecular weight excluding hydrogens is 259 g/mol. The molecule has 4 nitrogen and oxygen atoms in total. The normalized spacial score (nSPS) is 10.2. The van der Waals surface area contributed by atoms with Crippen molar-refractivity contribution in [2.24, 2.45) is 0 Å². The Morgan fingerprint density at radius 3 is 2.10 bits per heavy atom. The molecule has 0 unspecified atom stereocenters. The Bertz CT molecular complexity index is 455. The summed E-state index contributed by atoms with van der Waals surface area (Å²) in [5.41, 5.74) is 0.735. The predicted octanol–water partition coefficient (Wildman–Crippen LogP) is 1.69. The van der Waals surface area contributed by atoms with E-state index in [0.717, 1.165) is 5.56 Å². The summed E-state index contributed by atoms with van der Waals surface area (Å²) in [4.78, 5) is 27.0. The zero-order valence-electron chi connectivity index (χ0n) is 12.2. The third-order valence-electron chi connectivity index (χ3n) is 3.18. The fourth-order valence-electron chi connectivity index (χ4n) is 1.88. The molecule has 110 valence electrons. The lowest BCUT2D eigenvalue weighted by atomic mass is 10.1. The molecule has 5 heteroatoms. The average molecular weight is 280 g/mol. The Hall–Kier alpha value is -1.91. The molecule has 0 atom stereocenters. The van der Waals surface area contributed by atoms with Crippen LogP contribution in [0.5, 0.6) is 0 Å². The summed E-state index contributed by atoms with van der Waals surface area (Å²) in [7, 11) is 1.60. The molecule has 1 rings (SSSR count). The first kappa shape index (κ1) is 16.1. The van der Waals surface area contributed by atoms with Crippen molar-refractivity contribution in [2.75, 3.05) is 26.7 Å². The highest BCUT2D eigenvalue weighted by Crippen LogP contribution is 2.05. The standard InChI is InChI=1S/C15H21FN2O2/c1-4-18(5-2)15(20)11-17(3)14(19)10-12-6-8-13(16)9-7-12/h6-9H,4-5,10-11H2,1-3H3. The third kappa shape index (κ3) is 4.64. The molecule has 0 bridgehead atoms. The van der Waals surface area contributed by atoms with Crippen LogP contribution in [0.2, 0.25) is 0 Å². The van der Waals surface area contributed by atoms with E-state index >= 15 is 0 Å². The maximum atomic E-state index is 12.8. The van der Waals surface area contributed by atoms with Crippen molar-refractivity contribution in [3.8, 4) is 0 Å². The monoisotopic (exact) mass is 280 g/mol. The lowest BCUT2D eigenvalue weighted by Gasteiger charge is -2.23. The van der Waals surface area contributed by atoms with Crippen LogP contribution in [0.4, 0.5) is 4.39 Å². The number of carbonyl (C=O) groups is 2. The van der Waals surface area contributed by atoms with Gasteiger partial charge in [-0.15, -0.1) is 0 Å². The van der Waals surface area contributed by atoms with Gasteiger partial charge in [0.25, 0.3) is 0 Å². The lowest BCUT2D eigenvalue weighted by molar-refractivity contribution is -0.138. The van der Waals surface area contributed by atoms with Crippen LogP contribution in [0.3, 0.4) is 0 Å². The van der Waals surface area contributed by atoms with E-state index in [4.69, 9.17) is 0 Å². The molecule has 0 aromatic heterocycles. The molecule has 0 heterocycles. The first-order chi connectivity index (χ1) is 9.47. The summed E-state index contributed by atoms with van der Waals surface area (Å²) < 4.78 is 12.8. The molecule has 0 aliphatic carbocycles. The minimum absolute atomic E-state index is 0.0649. The Morgan fingerprint density at radius 1 is 1.05 bits per heavy atom. The molecule has 0 radical (unpaired) electrons. The third-order valence-corrected chi connectivity index (χ3v) is 3.18. The molecule has 1 aromatic carbocycles. The predicted molar refractivity (Wildman–Crippen MR) is 75.7 cm³/mol. The SMILES string of the molecule is CCN(CC)C(=O)CN(C)C(=O)Cc1ccc(F)cc1. The van der Waals surface area contributed by atoms with Crippen LogP contribution in [0, 0.1) is 5.82 Å². The van der Waals surface area contributed by atoms with E-state index in [9.17, 15) is 14.0 Å². The second kappa shape index (κ2) is 7.62. The van der Waals surface area contributed by atoms with Crippen LogP contribution in [-0.2, 0) is 16.0 Å². The van der Waals surface area contributed by atoms with Gasteiger partial charge in [-0.3, -0.25) is 9.59 Å². The van der Waals surface area contributed by atoms with Gasteiger partial charge in [0.15, 0.2) is 0 Å². The number of carbonyl (C=O) groups excluding carboxylic acids is 2. The van der Waals surface area contributed by atoms with Crippen molar-refractivity contribution >= 4 is 11.8 Å². The molecule has 0 saturated heterocycles. The zero-order chi connectivity index (χ0) is 15.1. The summed E-state index contributed by atoms with van der Waals surface area (Å²) in [6.07, 6.45) is 0.169. The van der Waals surface area contributed by atoms with Crippen LogP contribution in [0.15, 0.2) is 24.3 Å². The Morgan fingerprint density at radius 2 is 1.60 bits per heavy atom. The Balaban J connectivity index is 2.54. The highest BCUT2D eigenvalue weighted by molar-refractivity contribution is 5.85. The number of rotatable bonds is 6. The molecule has 20 heavy (non-hydrogen) atoms. The summed E-state index contributed by atoms with van der Waals surface area (Å²) in [5, 5.41) is 0.